The van der Waals surface area contributed by atoms with Gasteiger partial charge in [0.25, 0.3) is 5.91 Å². The first-order valence-electron chi connectivity index (χ1n) is 7.55. The number of nitrogens with one attached hydrogen (secondary N) is 1. The maximum absolute atomic E-state index is 12.6. The predicted octanol–water partition coefficient (Wildman–Crippen LogP) is 2.91. The number of amides is 1. The summed E-state index contributed by atoms with van der Waals surface area (Å²) in [5.41, 5.74) is 0.901. The van der Waals surface area contributed by atoms with Crippen molar-refractivity contribution in [2.45, 2.75) is 0 Å². The van der Waals surface area contributed by atoms with Crippen LogP contribution in [0.15, 0.2) is 30.6 Å². The molecule has 24 heavy (non-hydrogen) atoms. The van der Waals surface area contributed by atoms with Gasteiger partial charge in [0, 0.05) is 32.2 Å². The monoisotopic (exact) mass is 365 g/mol. The molecular weight excluding hydrogens is 349 g/mol. The van der Waals surface area contributed by atoms with E-state index < -0.39 is 0 Å². The van der Waals surface area contributed by atoms with Crippen molar-refractivity contribution >= 4 is 40.6 Å². The van der Waals surface area contributed by atoms with Gasteiger partial charge in [-0.1, -0.05) is 29.3 Å². The lowest BCUT2D eigenvalue weighted by molar-refractivity contribution is 0.0658. The third-order valence-electron chi connectivity index (χ3n) is 3.89. The average Bonchev–Trinajstić information content (AvgIpc) is 2.59. The van der Waals surface area contributed by atoms with Crippen molar-refractivity contribution < 1.29 is 4.79 Å². The Bertz CT molecular complexity index is 727. The molecule has 0 radical (unpaired) electrons. The van der Waals surface area contributed by atoms with Crippen molar-refractivity contribution in [1.29, 1.82) is 0 Å². The van der Waals surface area contributed by atoms with E-state index in [1.807, 2.05) is 7.05 Å². The minimum atomic E-state index is -0.0983. The van der Waals surface area contributed by atoms with Crippen LogP contribution in [-0.4, -0.2) is 58.9 Å². The Morgan fingerprint density at radius 2 is 1.79 bits per heavy atom. The molecule has 1 aromatic heterocycles. The summed E-state index contributed by atoms with van der Waals surface area (Å²) in [6, 6.07) is 6.83. The first-order chi connectivity index (χ1) is 11.5. The van der Waals surface area contributed by atoms with Crippen LogP contribution in [-0.2, 0) is 0 Å². The van der Waals surface area contributed by atoms with Crippen LogP contribution in [0, 0.1) is 0 Å². The summed E-state index contributed by atoms with van der Waals surface area (Å²) in [5.74, 6) is 0.372. The van der Waals surface area contributed by atoms with Crippen LogP contribution in [0.25, 0.3) is 0 Å². The third kappa shape index (κ3) is 3.77. The van der Waals surface area contributed by atoms with Crippen molar-refractivity contribution in [1.82, 2.24) is 19.8 Å². The van der Waals surface area contributed by atoms with Crippen LogP contribution in [0.3, 0.4) is 0 Å². The molecule has 0 atom stereocenters. The van der Waals surface area contributed by atoms with E-state index in [0.29, 0.717) is 40.3 Å². The molecular formula is C16H17Cl2N5O. The summed E-state index contributed by atoms with van der Waals surface area (Å²) in [7, 11) is 2.04. The highest BCUT2D eigenvalue weighted by atomic mass is 35.5. The van der Waals surface area contributed by atoms with Gasteiger partial charge in [-0.05, 0) is 19.2 Å². The van der Waals surface area contributed by atoms with Gasteiger partial charge < -0.3 is 15.1 Å². The summed E-state index contributed by atoms with van der Waals surface area (Å²) >= 11 is 12.3. The van der Waals surface area contributed by atoms with Gasteiger partial charge in [-0.15, -0.1) is 0 Å². The third-order valence-corrected chi connectivity index (χ3v) is 4.52. The predicted molar refractivity (Wildman–Crippen MR) is 95.2 cm³/mol. The molecule has 0 bridgehead atoms. The quantitative estimate of drug-likeness (QED) is 0.905. The first kappa shape index (κ1) is 17.0. The number of hydrogen-bond acceptors (Lipinski definition) is 5. The molecule has 0 spiro atoms. The highest BCUT2D eigenvalue weighted by Crippen LogP contribution is 2.32. The van der Waals surface area contributed by atoms with Crippen LogP contribution in [0.5, 0.6) is 0 Å². The molecule has 0 unspecified atom stereocenters. The normalized spacial score (nSPS) is 15.4. The topological polar surface area (TPSA) is 61.4 Å². The Balaban J connectivity index is 1.78. The molecule has 1 aliphatic rings. The zero-order chi connectivity index (χ0) is 17.1. The number of piperazine rings is 1. The van der Waals surface area contributed by atoms with Gasteiger partial charge in [0.2, 0.25) is 0 Å². The number of benzene rings is 1. The Morgan fingerprint density at radius 3 is 2.46 bits per heavy atom. The number of rotatable bonds is 3. The van der Waals surface area contributed by atoms with E-state index >= 15 is 0 Å². The number of carbonyl (C=O) groups excluding carboxylic acids is 1. The van der Waals surface area contributed by atoms with Crippen molar-refractivity contribution in [3.05, 3.63) is 46.3 Å². The fourth-order valence-electron chi connectivity index (χ4n) is 2.46. The number of nitrogens with zero attached hydrogens (tertiary/aromatic N) is 4. The van der Waals surface area contributed by atoms with E-state index in [9.17, 15) is 4.79 Å². The maximum Gasteiger partial charge on any atom is 0.272 e. The van der Waals surface area contributed by atoms with E-state index in [0.717, 1.165) is 13.1 Å². The number of para-hydroxylation sites is 1. The smallest absolute Gasteiger partial charge is 0.272 e. The van der Waals surface area contributed by atoms with Gasteiger partial charge in [0.05, 0.1) is 15.7 Å². The number of hydrogen-bond donors (Lipinski definition) is 1. The van der Waals surface area contributed by atoms with Crippen LogP contribution in [0.2, 0.25) is 10.0 Å². The zero-order valence-corrected chi connectivity index (χ0v) is 14.7. The molecule has 1 aliphatic heterocycles. The molecule has 0 saturated carbocycles. The molecule has 1 fully saturated rings. The van der Waals surface area contributed by atoms with Crippen molar-refractivity contribution in [2.24, 2.45) is 0 Å². The number of anilines is 2. The molecule has 3 rings (SSSR count). The number of halogens is 2. The zero-order valence-electron chi connectivity index (χ0n) is 13.2. The van der Waals surface area contributed by atoms with E-state index in [2.05, 4.69) is 20.2 Å². The maximum atomic E-state index is 12.6. The van der Waals surface area contributed by atoms with Crippen LogP contribution in [0.4, 0.5) is 11.5 Å². The SMILES string of the molecule is CN1CCN(C(=O)c2cc(Nc3c(Cl)cccc3Cl)ncn2)CC1. The Labute approximate surface area is 150 Å². The highest BCUT2D eigenvalue weighted by Gasteiger charge is 2.21. The largest absolute Gasteiger partial charge is 0.338 e. The Hall–Kier alpha value is -1.89. The molecule has 0 aliphatic carbocycles. The fraction of sp³-hybridized carbons (Fsp3) is 0.312. The van der Waals surface area contributed by atoms with Gasteiger partial charge in [0.1, 0.15) is 17.8 Å². The molecule has 8 heteroatoms. The highest BCUT2D eigenvalue weighted by molar-refractivity contribution is 6.39. The number of aromatic nitrogens is 2. The van der Waals surface area contributed by atoms with E-state index in [4.69, 9.17) is 23.2 Å². The minimum Gasteiger partial charge on any atom is -0.338 e. The van der Waals surface area contributed by atoms with Gasteiger partial charge >= 0.3 is 0 Å². The lowest BCUT2D eigenvalue weighted by Crippen LogP contribution is -2.47. The number of likely N-dealkylation sites (N-methyl/N-ethyl adjacent to an activating group) is 1. The lowest BCUT2D eigenvalue weighted by Gasteiger charge is -2.32. The standard InChI is InChI=1S/C16H17Cl2N5O/c1-22-5-7-23(8-6-22)16(24)13-9-14(20-10-19-13)21-15-11(17)3-2-4-12(15)18/h2-4,9-10H,5-8H2,1H3,(H,19,20,21). The van der Waals surface area contributed by atoms with Crippen molar-refractivity contribution in [3.8, 4) is 0 Å². The van der Waals surface area contributed by atoms with Crippen LogP contribution >= 0.6 is 23.2 Å². The molecule has 6 nitrogen and oxygen atoms in total. The van der Waals surface area contributed by atoms with E-state index in [1.165, 1.54) is 6.33 Å². The Morgan fingerprint density at radius 1 is 1.12 bits per heavy atom. The Kier molecular flexibility index (Phi) is 5.18. The van der Waals surface area contributed by atoms with Gasteiger partial charge in [-0.3, -0.25) is 4.79 Å². The van der Waals surface area contributed by atoms with Crippen LogP contribution in [0.1, 0.15) is 10.5 Å². The fourth-order valence-corrected chi connectivity index (χ4v) is 2.95. The number of carbonyl (C=O) groups is 1. The van der Waals surface area contributed by atoms with E-state index in [-0.39, 0.29) is 5.91 Å². The van der Waals surface area contributed by atoms with Gasteiger partial charge in [-0.2, -0.15) is 0 Å². The molecule has 1 amide bonds. The van der Waals surface area contributed by atoms with Crippen LogP contribution < -0.4 is 5.32 Å². The molecule has 1 N–H and O–H groups in total. The average molecular weight is 366 g/mol. The van der Waals surface area contributed by atoms with E-state index in [1.54, 1.807) is 29.2 Å². The molecule has 126 valence electrons. The summed E-state index contributed by atoms with van der Waals surface area (Å²) < 4.78 is 0. The summed E-state index contributed by atoms with van der Waals surface area (Å²) in [5, 5.41) is 4.01. The van der Waals surface area contributed by atoms with Gasteiger partial charge in [0.15, 0.2) is 0 Å². The second kappa shape index (κ2) is 7.34. The molecule has 1 saturated heterocycles. The summed E-state index contributed by atoms with van der Waals surface area (Å²) in [4.78, 5) is 24.8. The summed E-state index contributed by atoms with van der Waals surface area (Å²) in [6.07, 6.45) is 1.36. The first-order valence-corrected chi connectivity index (χ1v) is 8.31. The lowest BCUT2D eigenvalue weighted by atomic mass is 10.2. The minimum absolute atomic E-state index is 0.0983. The summed E-state index contributed by atoms with van der Waals surface area (Å²) in [6.45, 7) is 3.10. The van der Waals surface area contributed by atoms with Gasteiger partial charge in [-0.25, -0.2) is 9.97 Å². The molecule has 2 aromatic rings. The second-order valence-corrected chi connectivity index (χ2v) is 6.42. The second-order valence-electron chi connectivity index (χ2n) is 5.61. The van der Waals surface area contributed by atoms with Crippen molar-refractivity contribution in [2.75, 3.05) is 38.5 Å². The van der Waals surface area contributed by atoms with Crippen molar-refractivity contribution in [3.63, 3.8) is 0 Å². The molecule has 2 heterocycles. The molecule has 1 aromatic carbocycles.